The van der Waals surface area contributed by atoms with E-state index in [9.17, 15) is 0 Å². The van der Waals surface area contributed by atoms with Crippen LogP contribution >= 0.6 is 0 Å². The minimum Gasteiger partial charge on any atom is -0.268 e. The Balaban J connectivity index is 1.78. The smallest absolute Gasteiger partial charge is 0.159 e. The Labute approximate surface area is 125 Å². The Bertz CT molecular complexity index is 613. The fraction of sp³-hybridized carbons (Fsp3) is 0.412. The molecular weight excluding hydrogens is 262 g/mol. The average Bonchev–Trinajstić information content (AvgIpc) is 2.52. The predicted molar refractivity (Wildman–Crippen MR) is 83.0 cm³/mol. The lowest BCUT2D eigenvalue weighted by molar-refractivity contribution is 0.106. The van der Waals surface area contributed by atoms with E-state index in [0.29, 0.717) is 6.61 Å². The zero-order valence-corrected chi connectivity index (χ0v) is 12.7. The van der Waals surface area contributed by atoms with E-state index >= 15 is 0 Å². The molecule has 0 unspecified atom stereocenters. The van der Waals surface area contributed by atoms with E-state index < -0.39 is 0 Å². The van der Waals surface area contributed by atoms with E-state index in [0.717, 1.165) is 30.0 Å². The lowest BCUT2D eigenvalue weighted by Gasteiger charge is -2.24. The average molecular weight is 283 g/mol. The maximum Gasteiger partial charge on any atom is 0.159 e. The van der Waals surface area contributed by atoms with Crippen LogP contribution in [0.15, 0.2) is 30.3 Å². The van der Waals surface area contributed by atoms with Crippen molar-refractivity contribution in [3.63, 3.8) is 0 Å². The molecule has 2 aromatic rings. The highest BCUT2D eigenvalue weighted by molar-refractivity contribution is 5.47. The normalized spacial score (nSPS) is 13.8. The maximum absolute atomic E-state index is 5.88. The third-order valence-electron chi connectivity index (χ3n) is 3.84. The Hall–Kier alpha value is -1.94. The number of benzene rings is 1. The second kappa shape index (κ2) is 6.22. The molecule has 1 aliphatic rings. The summed E-state index contributed by atoms with van der Waals surface area (Å²) < 4.78 is 0. The largest absolute Gasteiger partial charge is 0.268 e. The molecule has 0 aliphatic heterocycles. The molecular formula is C17H21N3O. The van der Waals surface area contributed by atoms with Crippen LogP contribution in [0, 0.1) is 6.92 Å². The van der Waals surface area contributed by atoms with Gasteiger partial charge in [0.25, 0.3) is 0 Å². The summed E-state index contributed by atoms with van der Waals surface area (Å²) in [6.45, 7) is 2.50. The Morgan fingerprint density at radius 1 is 1.10 bits per heavy atom. The summed E-state index contributed by atoms with van der Waals surface area (Å²) in [4.78, 5) is 15.0. The minimum absolute atomic E-state index is 0.551. The summed E-state index contributed by atoms with van der Waals surface area (Å²) in [5.74, 6) is 1.74. The summed E-state index contributed by atoms with van der Waals surface area (Å²) in [7, 11) is 1.93. The van der Waals surface area contributed by atoms with Gasteiger partial charge in [-0.2, -0.15) is 0 Å². The van der Waals surface area contributed by atoms with Gasteiger partial charge in [0.1, 0.15) is 5.82 Å². The highest BCUT2D eigenvalue weighted by Crippen LogP contribution is 2.27. The highest BCUT2D eigenvalue weighted by Gasteiger charge is 2.19. The zero-order chi connectivity index (χ0) is 14.7. The zero-order valence-electron chi connectivity index (χ0n) is 12.7. The van der Waals surface area contributed by atoms with Gasteiger partial charge in [0.2, 0.25) is 0 Å². The van der Waals surface area contributed by atoms with E-state index in [1.165, 1.54) is 24.1 Å². The van der Waals surface area contributed by atoms with Gasteiger partial charge in [-0.25, -0.2) is 15.0 Å². The lowest BCUT2D eigenvalue weighted by Crippen LogP contribution is -2.23. The Morgan fingerprint density at radius 3 is 2.67 bits per heavy atom. The Kier molecular flexibility index (Phi) is 4.15. The molecule has 1 aliphatic carbocycles. The predicted octanol–water partition coefficient (Wildman–Crippen LogP) is 3.23. The monoisotopic (exact) mass is 283 g/mol. The van der Waals surface area contributed by atoms with E-state index in [1.54, 1.807) is 5.06 Å². The number of fused-ring (bicyclic) bond motifs is 1. The highest BCUT2D eigenvalue weighted by atomic mass is 16.7. The fourth-order valence-electron chi connectivity index (χ4n) is 2.76. The number of anilines is 1. The molecule has 4 heteroatoms. The molecule has 0 N–H and O–H groups in total. The number of aromatic nitrogens is 2. The first kappa shape index (κ1) is 14.0. The SMILES string of the molecule is Cc1nc2c(c(N(C)OCc3ccccc3)n1)CCCC2. The molecule has 0 fully saturated rings. The molecule has 1 heterocycles. The molecule has 3 rings (SSSR count). The van der Waals surface area contributed by atoms with Crippen LogP contribution in [0.5, 0.6) is 0 Å². The van der Waals surface area contributed by atoms with Crippen molar-refractivity contribution in [2.75, 3.05) is 12.1 Å². The van der Waals surface area contributed by atoms with Gasteiger partial charge in [-0.1, -0.05) is 30.3 Å². The molecule has 1 aromatic heterocycles. The van der Waals surface area contributed by atoms with Crippen molar-refractivity contribution < 1.29 is 4.84 Å². The van der Waals surface area contributed by atoms with E-state index in [-0.39, 0.29) is 0 Å². The molecule has 0 spiro atoms. The van der Waals surface area contributed by atoms with Gasteiger partial charge < -0.3 is 0 Å². The number of rotatable bonds is 4. The first-order valence-electron chi connectivity index (χ1n) is 7.51. The topological polar surface area (TPSA) is 38.2 Å². The van der Waals surface area contributed by atoms with E-state index in [1.807, 2.05) is 32.2 Å². The van der Waals surface area contributed by atoms with Gasteiger partial charge in [0.05, 0.1) is 6.61 Å². The standard InChI is InChI=1S/C17H21N3O/c1-13-18-16-11-7-6-10-15(16)17(19-13)20(2)21-12-14-8-4-3-5-9-14/h3-5,8-9H,6-7,10-12H2,1-2H3. The first-order chi connectivity index (χ1) is 10.2. The van der Waals surface area contributed by atoms with Crippen LogP contribution in [0.2, 0.25) is 0 Å². The molecule has 0 bridgehead atoms. The van der Waals surface area contributed by atoms with Gasteiger partial charge in [0, 0.05) is 18.3 Å². The van der Waals surface area contributed by atoms with Crippen molar-refractivity contribution in [1.29, 1.82) is 0 Å². The summed E-state index contributed by atoms with van der Waals surface area (Å²) in [5, 5.41) is 1.80. The van der Waals surface area contributed by atoms with Crippen molar-refractivity contribution >= 4 is 5.82 Å². The van der Waals surface area contributed by atoms with Crippen molar-refractivity contribution in [2.45, 2.75) is 39.2 Å². The van der Waals surface area contributed by atoms with Crippen LogP contribution < -0.4 is 5.06 Å². The molecule has 0 amide bonds. The summed E-state index contributed by atoms with van der Waals surface area (Å²) in [5.41, 5.74) is 3.60. The van der Waals surface area contributed by atoms with Crippen LogP contribution in [0.3, 0.4) is 0 Å². The van der Waals surface area contributed by atoms with Crippen LogP contribution in [0.1, 0.15) is 35.5 Å². The van der Waals surface area contributed by atoms with Gasteiger partial charge in [-0.05, 0) is 38.2 Å². The third-order valence-corrected chi connectivity index (χ3v) is 3.84. The van der Waals surface area contributed by atoms with Crippen molar-refractivity contribution in [3.05, 3.63) is 53.0 Å². The lowest BCUT2D eigenvalue weighted by atomic mass is 9.96. The van der Waals surface area contributed by atoms with Crippen LogP contribution in [-0.2, 0) is 24.3 Å². The molecule has 1 aromatic carbocycles. The molecule has 0 radical (unpaired) electrons. The molecule has 0 saturated carbocycles. The van der Waals surface area contributed by atoms with E-state index in [2.05, 4.69) is 22.1 Å². The summed E-state index contributed by atoms with van der Waals surface area (Å²) in [6.07, 6.45) is 4.53. The number of aryl methyl sites for hydroxylation is 2. The molecule has 0 atom stereocenters. The molecule has 21 heavy (non-hydrogen) atoms. The minimum atomic E-state index is 0.551. The third kappa shape index (κ3) is 3.22. The van der Waals surface area contributed by atoms with E-state index in [4.69, 9.17) is 4.84 Å². The number of hydroxylamine groups is 1. The summed E-state index contributed by atoms with van der Waals surface area (Å²) in [6, 6.07) is 10.2. The number of nitrogens with zero attached hydrogens (tertiary/aromatic N) is 3. The molecule has 110 valence electrons. The molecule has 0 saturated heterocycles. The second-order valence-electron chi connectivity index (χ2n) is 5.48. The molecule has 4 nitrogen and oxygen atoms in total. The van der Waals surface area contributed by atoms with Crippen LogP contribution in [0.25, 0.3) is 0 Å². The number of hydrogen-bond acceptors (Lipinski definition) is 4. The number of hydrogen-bond donors (Lipinski definition) is 0. The second-order valence-corrected chi connectivity index (χ2v) is 5.48. The van der Waals surface area contributed by atoms with Crippen LogP contribution in [0.4, 0.5) is 5.82 Å². The van der Waals surface area contributed by atoms with Crippen molar-refractivity contribution in [1.82, 2.24) is 9.97 Å². The van der Waals surface area contributed by atoms with Gasteiger partial charge in [-0.3, -0.25) is 4.84 Å². The fourth-order valence-corrected chi connectivity index (χ4v) is 2.76. The van der Waals surface area contributed by atoms with Gasteiger partial charge in [0.15, 0.2) is 5.82 Å². The maximum atomic E-state index is 5.88. The van der Waals surface area contributed by atoms with Crippen molar-refractivity contribution in [2.24, 2.45) is 0 Å². The summed E-state index contributed by atoms with van der Waals surface area (Å²) >= 11 is 0. The van der Waals surface area contributed by atoms with Gasteiger partial charge in [-0.15, -0.1) is 0 Å². The van der Waals surface area contributed by atoms with Crippen LogP contribution in [-0.4, -0.2) is 17.0 Å². The van der Waals surface area contributed by atoms with Crippen molar-refractivity contribution in [3.8, 4) is 0 Å². The van der Waals surface area contributed by atoms with Gasteiger partial charge >= 0.3 is 0 Å². The quantitative estimate of drug-likeness (QED) is 0.807. The Morgan fingerprint density at radius 2 is 1.86 bits per heavy atom. The first-order valence-corrected chi connectivity index (χ1v) is 7.51.